The van der Waals surface area contributed by atoms with Gasteiger partial charge in [-0.2, -0.15) is 0 Å². The number of nitrogens with zero attached hydrogens (tertiary/aromatic N) is 1. The largest absolute Gasteiger partial charge is 1.00 e. The van der Waals surface area contributed by atoms with Crippen LogP contribution in [0.1, 0.15) is 11.1 Å². The Morgan fingerprint density at radius 3 is 2.57 bits per heavy atom. The van der Waals surface area contributed by atoms with Crippen LogP contribution in [0.5, 0.6) is 0 Å². The fourth-order valence-electron chi connectivity index (χ4n) is 0.980. The number of rotatable bonds is 2. The van der Waals surface area contributed by atoms with Crippen LogP contribution in [0, 0.1) is 12.3 Å². The molecule has 0 aliphatic heterocycles. The van der Waals surface area contributed by atoms with E-state index < -0.39 is 13.3 Å². The molecule has 1 heterocycles. The summed E-state index contributed by atoms with van der Waals surface area (Å²) < 4.78 is 36.1. The minimum absolute atomic E-state index is 0. The van der Waals surface area contributed by atoms with Gasteiger partial charge < -0.3 is 12.9 Å². The predicted molar refractivity (Wildman–Crippen MR) is 45.0 cm³/mol. The molecule has 0 radical (unpaired) electrons. The summed E-state index contributed by atoms with van der Waals surface area (Å²) in [5.41, 5.74) is 0.326. The molecule has 0 saturated heterocycles. The Morgan fingerprint density at radius 1 is 1.43 bits per heavy atom. The Kier molecular flexibility index (Phi) is 6.02. The van der Waals surface area contributed by atoms with E-state index in [-0.39, 0.29) is 62.5 Å². The Morgan fingerprint density at radius 2 is 2.07 bits per heavy atom. The first kappa shape index (κ1) is 14.2. The average molecular weight is 223 g/mol. The van der Waals surface area contributed by atoms with Crippen LogP contribution in [-0.2, 0) is 6.32 Å². The van der Waals surface area contributed by atoms with Crippen molar-refractivity contribution in [2.75, 3.05) is 0 Å². The van der Waals surface area contributed by atoms with Crippen LogP contribution >= 0.6 is 0 Å². The second-order valence-electron chi connectivity index (χ2n) is 2.59. The van der Waals surface area contributed by atoms with Gasteiger partial charge in [-0.15, -0.1) is 6.42 Å². The van der Waals surface area contributed by atoms with E-state index in [1.165, 1.54) is 12.3 Å². The topological polar surface area (TPSA) is 12.9 Å². The summed E-state index contributed by atoms with van der Waals surface area (Å²) in [5.74, 6) is 2.19. The molecule has 0 unspecified atom stereocenters. The monoisotopic (exact) mass is 223 g/mol. The molecule has 1 rings (SSSR count). The molecule has 0 aliphatic rings. The van der Waals surface area contributed by atoms with Gasteiger partial charge in [-0.1, -0.05) is 12.2 Å². The first-order valence-corrected chi connectivity index (χ1v) is 3.63. The second-order valence-corrected chi connectivity index (χ2v) is 2.59. The van der Waals surface area contributed by atoms with Gasteiger partial charge in [0.15, 0.2) is 0 Å². The van der Waals surface area contributed by atoms with Crippen molar-refractivity contribution >= 4 is 6.98 Å². The zero-order valence-corrected chi connectivity index (χ0v) is 10.8. The molecule has 0 saturated carbocycles. The van der Waals surface area contributed by atoms with Crippen LogP contribution in [0.15, 0.2) is 18.5 Å². The molecule has 0 bridgehead atoms. The van der Waals surface area contributed by atoms with Gasteiger partial charge in [0.1, 0.15) is 0 Å². The molecule has 14 heavy (non-hydrogen) atoms. The molecule has 1 aromatic heterocycles. The minimum atomic E-state index is -4.84. The maximum atomic E-state index is 12.0. The Bertz CT molecular complexity index is 345. The van der Waals surface area contributed by atoms with Gasteiger partial charge in [0, 0.05) is 18.0 Å². The quantitative estimate of drug-likeness (QED) is 0.462. The normalized spacial score (nSPS) is 10.1. The number of pyridine rings is 1. The summed E-state index contributed by atoms with van der Waals surface area (Å²) in [4.78, 5) is 3.59. The molecule has 0 atom stereocenters. The number of aromatic nitrogens is 1. The van der Waals surface area contributed by atoms with E-state index in [9.17, 15) is 12.9 Å². The molecular formula is C8H6BF3KN. The van der Waals surface area contributed by atoms with E-state index in [2.05, 4.69) is 10.9 Å². The summed E-state index contributed by atoms with van der Waals surface area (Å²) >= 11 is 0. The van der Waals surface area contributed by atoms with Gasteiger partial charge in [-0.25, -0.2) is 0 Å². The molecule has 1 nitrogen and oxygen atoms in total. The second kappa shape index (κ2) is 5.93. The Labute approximate surface area is 123 Å². The minimum Gasteiger partial charge on any atom is -0.449 e. The van der Waals surface area contributed by atoms with E-state index in [1.807, 2.05) is 0 Å². The van der Waals surface area contributed by atoms with Gasteiger partial charge in [0.05, 0.1) is 0 Å². The van der Waals surface area contributed by atoms with Crippen LogP contribution in [0.3, 0.4) is 0 Å². The average Bonchev–Trinajstić information content (AvgIpc) is 2.02. The SMILES string of the molecule is C#Cc1ccncc1C[B-](F)(F)F.[K+]. The molecule has 68 valence electrons. The van der Waals surface area contributed by atoms with Crippen LogP contribution < -0.4 is 51.4 Å². The van der Waals surface area contributed by atoms with Crippen molar-refractivity contribution in [3.05, 3.63) is 29.6 Å². The van der Waals surface area contributed by atoms with Crippen molar-refractivity contribution in [2.45, 2.75) is 6.32 Å². The zero-order chi connectivity index (χ0) is 9.90. The van der Waals surface area contributed by atoms with Crippen LogP contribution in [-0.4, -0.2) is 12.0 Å². The van der Waals surface area contributed by atoms with Crippen molar-refractivity contribution in [3.63, 3.8) is 0 Å². The molecule has 0 aromatic carbocycles. The summed E-state index contributed by atoms with van der Waals surface area (Å²) in [6.45, 7) is -4.84. The van der Waals surface area contributed by atoms with Gasteiger partial charge in [-0.3, -0.25) is 4.98 Å². The van der Waals surface area contributed by atoms with E-state index in [0.29, 0.717) is 0 Å². The molecule has 0 spiro atoms. The maximum absolute atomic E-state index is 12.0. The van der Waals surface area contributed by atoms with Gasteiger partial charge in [0.25, 0.3) is 0 Å². The summed E-state index contributed by atoms with van der Waals surface area (Å²) in [6, 6.07) is 1.40. The third kappa shape index (κ3) is 4.62. The van der Waals surface area contributed by atoms with Crippen LogP contribution in [0.25, 0.3) is 0 Å². The third-order valence-electron chi connectivity index (χ3n) is 1.51. The van der Waals surface area contributed by atoms with E-state index in [4.69, 9.17) is 6.42 Å². The number of hydrogen-bond donors (Lipinski definition) is 0. The number of hydrogen-bond acceptors (Lipinski definition) is 1. The van der Waals surface area contributed by atoms with Crippen molar-refractivity contribution in [1.29, 1.82) is 0 Å². The molecule has 0 amide bonds. The van der Waals surface area contributed by atoms with E-state index >= 15 is 0 Å². The summed E-state index contributed by atoms with van der Waals surface area (Å²) in [5, 5.41) is 0. The molecule has 6 heteroatoms. The third-order valence-corrected chi connectivity index (χ3v) is 1.51. The maximum Gasteiger partial charge on any atom is 1.00 e. The fraction of sp³-hybridized carbons (Fsp3) is 0.125. The van der Waals surface area contributed by atoms with Crippen LogP contribution in [0.4, 0.5) is 12.9 Å². The van der Waals surface area contributed by atoms with Gasteiger partial charge >= 0.3 is 58.4 Å². The standard InChI is InChI=1S/C8H6BF3N.K/c1-2-7-3-4-13-6-8(7)5-9(10,11)12;/h1,3-4,6H,5H2;/q-1;+1. The van der Waals surface area contributed by atoms with Crippen molar-refractivity contribution in [3.8, 4) is 12.3 Å². The number of terminal acetylenes is 1. The number of halogens is 3. The molecule has 0 N–H and O–H groups in total. The van der Waals surface area contributed by atoms with Gasteiger partial charge in [0.2, 0.25) is 0 Å². The summed E-state index contributed by atoms with van der Waals surface area (Å²) in [6.07, 6.45) is 6.60. The smallest absolute Gasteiger partial charge is 0.449 e. The zero-order valence-electron chi connectivity index (χ0n) is 7.67. The first-order valence-electron chi connectivity index (χ1n) is 3.63. The van der Waals surface area contributed by atoms with Crippen molar-refractivity contribution < 1.29 is 64.3 Å². The van der Waals surface area contributed by atoms with E-state index in [1.54, 1.807) is 0 Å². The Hall–Kier alpha value is 0.201. The van der Waals surface area contributed by atoms with Crippen LogP contribution in [0.2, 0.25) is 0 Å². The first-order chi connectivity index (χ1) is 6.03. The van der Waals surface area contributed by atoms with E-state index in [0.717, 1.165) is 6.20 Å². The van der Waals surface area contributed by atoms with Crippen molar-refractivity contribution in [1.82, 2.24) is 4.98 Å². The Balaban J connectivity index is 0.00000169. The van der Waals surface area contributed by atoms with Crippen molar-refractivity contribution in [2.24, 2.45) is 0 Å². The summed E-state index contributed by atoms with van der Waals surface area (Å²) in [7, 11) is 0. The van der Waals surface area contributed by atoms with Gasteiger partial charge in [-0.05, 0) is 11.6 Å². The fourth-order valence-corrected chi connectivity index (χ4v) is 0.980. The molecule has 0 fully saturated rings. The molecule has 0 aliphatic carbocycles. The predicted octanol–water partition coefficient (Wildman–Crippen LogP) is -1.00. The molecular weight excluding hydrogens is 217 g/mol. The molecule has 1 aromatic rings.